The average molecular weight is 258 g/mol. The van der Waals surface area contributed by atoms with Crippen molar-refractivity contribution < 1.29 is 14.7 Å². The van der Waals surface area contributed by atoms with E-state index in [9.17, 15) is 9.59 Å². The number of nitrogens with zero attached hydrogens (tertiary/aromatic N) is 3. The highest BCUT2D eigenvalue weighted by Gasteiger charge is 2.16. The van der Waals surface area contributed by atoms with Crippen LogP contribution in [0.2, 0.25) is 5.15 Å². The molecule has 6 nitrogen and oxygen atoms in total. The lowest BCUT2D eigenvalue weighted by Gasteiger charge is -2.19. The van der Waals surface area contributed by atoms with E-state index in [-0.39, 0.29) is 29.7 Å². The van der Waals surface area contributed by atoms with Crippen molar-refractivity contribution in [3.05, 3.63) is 23.2 Å². The molecule has 1 aromatic heterocycles. The van der Waals surface area contributed by atoms with Crippen LogP contribution in [0.15, 0.2) is 12.4 Å². The number of aromatic nitrogens is 2. The van der Waals surface area contributed by atoms with Gasteiger partial charge in [-0.3, -0.25) is 14.6 Å². The molecular formula is C10H12ClN3O3. The van der Waals surface area contributed by atoms with Crippen LogP contribution in [0, 0.1) is 0 Å². The van der Waals surface area contributed by atoms with Crippen LogP contribution in [0.25, 0.3) is 0 Å². The number of amides is 1. The molecule has 0 saturated carbocycles. The first-order valence-electron chi connectivity index (χ1n) is 5.03. The van der Waals surface area contributed by atoms with Crippen molar-refractivity contribution in [1.29, 1.82) is 0 Å². The summed E-state index contributed by atoms with van der Waals surface area (Å²) in [5, 5.41) is 8.70. The van der Waals surface area contributed by atoms with Crippen LogP contribution in [0.1, 0.15) is 23.8 Å². The highest BCUT2D eigenvalue weighted by atomic mass is 35.5. The third-order valence-corrected chi connectivity index (χ3v) is 2.27. The van der Waals surface area contributed by atoms with Gasteiger partial charge in [0.05, 0.1) is 18.8 Å². The lowest BCUT2D eigenvalue weighted by Crippen LogP contribution is -2.33. The Labute approximate surface area is 103 Å². The van der Waals surface area contributed by atoms with Gasteiger partial charge in [-0.05, 0) is 6.92 Å². The zero-order chi connectivity index (χ0) is 12.8. The molecule has 1 amide bonds. The van der Waals surface area contributed by atoms with Crippen molar-refractivity contribution in [2.45, 2.75) is 13.3 Å². The maximum atomic E-state index is 11.9. The van der Waals surface area contributed by atoms with Crippen LogP contribution in [-0.4, -0.2) is 44.9 Å². The molecule has 0 bridgehead atoms. The van der Waals surface area contributed by atoms with Gasteiger partial charge < -0.3 is 10.0 Å². The number of hydrogen-bond donors (Lipinski definition) is 1. The molecule has 1 aromatic rings. The van der Waals surface area contributed by atoms with E-state index in [0.29, 0.717) is 6.54 Å². The van der Waals surface area contributed by atoms with E-state index >= 15 is 0 Å². The predicted molar refractivity (Wildman–Crippen MR) is 60.9 cm³/mol. The van der Waals surface area contributed by atoms with Crippen molar-refractivity contribution in [1.82, 2.24) is 14.9 Å². The van der Waals surface area contributed by atoms with Gasteiger partial charge in [-0.2, -0.15) is 0 Å². The van der Waals surface area contributed by atoms with E-state index in [4.69, 9.17) is 16.7 Å². The Morgan fingerprint density at radius 1 is 1.47 bits per heavy atom. The molecule has 1 rings (SSSR count). The summed E-state index contributed by atoms with van der Waals surface area (Å²) in [5.41, 5.74) is 0.115. The first kappa shape index (κ1) is 13.4. The second-order valence-electron chi connectivity index (χ2n) is 3.26. The van der Waals surface area contributed by atoms with Crippen LogP contribution in [0.3, 0.4) is 0 Å². The number of halogens is 1. The fourth-order valence-corrected chi connectivity index (χ4v) is 1.39. The number of carboxylic acid groups (broad SMARTS) is 1. The van der Waals surface area contributed by atoms with Crippen molar-refractivity contribution in [3.8, 4) is 0 Å². The number of carboxylic acids is 1. The van der Waals surface area contributed by atoms with Crippen molar-refractivity contribution >= 4 is 23.5 Å². The Morgan fingerprint density at radius 2 is 2.18 bits per heavy atom. The quantitative estimate of drug-likeness (QED) is 0.853. The maximum Gasteiger partial charge on any atom is 0.305 e. The topological polar surface area (TPSA) is 83.4 Å². The summed E-state index contributed by atoms with van der Waals surface area (Å²) >= 11 is 5.63. The minimum atomic E-state index is -0.951. The minimum Gasteiger partial charge on any atom is -0.481 e. The zero-order valence-corrected chi connectivity index (χ0v) is 10.0. The van der Waals surface area contributed by atoms with Gasteiger partial charge in [-0.15, -0.1) is 0 Å². The van der Waals surface area contributed by atoms with Gasteiger partial charge in [0.1, 0.15) is 10.8 Å². The second kappa shape index (κ2) is 6.15. The fourth-order valence-electron chi connectivity index (χ4n) is 1.24. The fraction of sp³-hybridized carbons (Fsp3) is 0.400. The normalized spacial score (nSPS) is 10.0. The number of carbonyl (C=O) groups excluding carboxylic acids is 1. The van der Waals surface area contributed by atoms with Gasteiger partial charge in [-0.1, -0.05) is 11.6 Å². The maximum absolute atomic E-state index is 11.9. The summed E-state index contributed by atoms with van der Waals surface area (Å²) in [7, 11) is 0. The van der Waals surface area contributed by atoms with Gasteiger partial charge in [0.25, 0.3) is 5.91 Å². The Hall–Kier alpha value is -1.69. The van der Waals surface area contributed by atoms with E-state index in [0.717, 1.165) is 0 Å². The lowest BCUT2D eigenvalue weighted by atomic mass is 10.3. The molecule has 0 aromatic carbocycles. The van der Waals surface area contributed by atoms with Crippen LogP contribution >= 0.6 is 11.6 Å². The van der Waals surface area contributed by atoms with E-state index in [2.05, 4.69) is 9.97 Å². The minimum absolute atomic E-state index is 0.104. The van der Waals surface area contributed by atoms with Crippen molar-refractivity contribution in [3.63, 3.8) is 0 Å². The summed E-state index contributed by atoms with van der Waals surface area (Å²) in [4.78, 5) is 31.3. The van der Waals surface area contributed by atoms with Crippen molar-refractivity contribution in [2.24, 2.45) is 0 Å². The molecule has 1 heterocycles. The second-order valence-corrected chi connectivity index (χ2v) is 3.64. The van der Waals surface area contributed by atoms with Gasteiger partial charge in [0.15, 0.2) is 0 Å². The first-order chi connectivity index (χ1) is 8.04. The smallest absolute Gasteiger partial charge is 0.305 e. The number of carbonyl (C=O) groups is 2. The third-order valence-electron chi connectivity index (χ3n) is 2.09. The molecule has 1 N–H and O–H groups in total. The molecule has 0 fully saturated rings. The zero-order valence-electron chi connectivity index (χ0n) is 9.26. The highest BCUT2D eigenvalue weighted by molar-refractivity contribution is 6.29. The number of hydrogen-bond acceptors (Lipinski definition) is 4. The van der Waals surface area contributed by atoms with Crippen LogP contribution in [-0.2, 0) is 4.79 Å². The van der Waals surface area contributed by atoms with Crippen molar-refractivity contribution in [2.75, 3.05) is 13.1 Å². The standard InChI is InChI=1S/C10H12ClN3O3/c1-2-14(4-3-9(15)16)10(17)7-5-12-6-8(11)13-7/h5-6H,2-4H2,1H3,(H,15,16). The van der Waals surface area contributed by atoms with Crippen LogP contribution in [0.4, 0.5) is 0 Å². The van der Waals surface area contributed by atoms with Crippen LogP contribution in [0.5, 0.6) is 0 Å². The van der Waals surface area contributed by atoms with Gasteiger partial charge >= 0.3 is 5.97 Å². The Bertz CT molecular complexity index is 425. The summed E-state index contributed by atoms with van der Waals surface area (Å²) in [6.07, 6.45) is 2.52. The SMILES string of the molecule is CCN(CCC(=O)O)C(=O)c1cncc(Cl)n1. The molecule has 0 aliphatic rings. The molecule has 0 radical (unpaired) electrons. The Kier molecular flexibility index (Phi) is 4.84. The van der Waals surface area contributed by atoms with Gasteiger partial charge in [0, 0.05) is 13.1 Å². The van der Waals surface area contributed by atoms with Crippen LogP contribution < -0.4 is 0 Å². The van der Waals surface area contributed by atoms with E-state index in [1.807, 2.05) is 0 Å². The molecule has 7 heteroatoms. The number of rotatable bonds is 5. The molecule has 0 saturated heterocycles. The average Bonchev–Trinajstić information content (AvgIpc) is 2.29. The molecule has 0 spiro atoms. The van der Waals surface area contributed by atoms with Gasteiger partial charge in [-0.25, -0.2) is 4.98 Å². The molecule has 0 aliphatic heterocycles. The Balaban J connectivity index is 2.75. The summed E-state index contributed by atoms with van der Waals surface area (Å²) in [6.45, 7) is 2.30. The van der Waals surface area contributed by atoms with Gasteiger partial charge in [0.2, 0.25) is 0 Å². The van der Waals surface area contributed by atoms with E-state index in [1.165, 1.54) is 17.3 Å². The Morgan fingerprint density at radius 3 is 2.71 bits per heavy atom. The molecule has 0 aliphatic carbocycles. The number of aliphatic carboxylic acids is 1. The summed E-state index contributed by atoms with van der Waals surface area (Å²) in [5.74, 6) is -1.32. The van der Waals surface area contributed by atoms with E-state index in [1.54, 1.807) is 6.92 Å². The predicted octanol–water partition coefficient (Wildman–Crippen LogP) is 1.07. The first-order valence-corrected chi connectivity index (χ1v) is 5.41. The molecule has 92 valence electrons. The molecule has 17 heavy (non-hydrogen) atoms. The summed E-state index contributed by atoms with van der Waals surface area (Å²) in [6, 6.07) is 0. The highest BCUT2D eigenvalue weighted by Crippen LogP contribution is 2.06. The lowest BCUT2D eigenvalue weighted by molar-refractivity contribution is -0.137. The van der Waals surface area contributed by atoms with E-state index < -0.39 is 5.97 Å². The third kappa shape index (κ3) is 3.99. The molecular weight excluding hydrogens is 246 g/mol. The summed E-state index contributed by atoms with van der Waals surface area (Å²) < 4.78 is 0. The largest absolute Gasteiger partial charge is 0.481 e. The molecule has 0 atom stereocenters. The molecule has 0 unspecified atom stereocenters. The monoisotopic (exact) mass is 257 g/mol.